The molecule has 1 fully saturated rings. The highest BCUT2D eigenvalue weighted by molar-refractivity contribution is 7.92. The summed E-state index contributed by atoms with van der Waals surface area (Å²) in [5.74, 6) is 0.180. The Hall–Kier alpha value is -1.07. The van der Waals surface area contributed by atoms with E-state index in [1.54, 1.807) is 7.05 Å². The van der Waals surface area contributed by atoms with Crippen LogP contribution in [0.4, 0.5) is 5.69 Å². The Balaban J connectivity index is 2.09. The second-order valence-corrected chi connectivity index (χ2v) is 7.10. The molecule has 1 N–H and O–H groups in total. The summed E-state index contributed by atoms with van der Waals surface area (Å²) in [5, 5.41) is 3.23. The van der Waals surface area contributed by atoms with Gasteiger partial charge in [-0.05, 0) is 43.5 Å². The van der Waals surface area contributed by atoms with Gasteiger partial charge in [-0.1, -0.05) is 19.1 Å². The molecule has 5 heteroatoms. The molecule has 0 aliphatic carbocycles. The Morgan fingerprint density at radius 3 is 2.53 bits per heavy atom. The maximum Gasteiger partial charge on any atom is 0.236 e. The predicted octanol–water partition coefficient (Wildman–Crippen LogP) is 1.77. The third-order valence-corrected chi connectivity index (χ3v) is 5.57. The first kappa shape index (κ1) is 14.3. The SMILES string of the molecule is CCc1ccc(N(C)S(=O)(=O)CC2CCCN2)cc1. The zero-order valence-corrected chi connectivity index (χ0v) is 12.4. The largest absolute Gasteiger partial charge is 0.313 e. The van der Waals surface area contributed by atoms with Crippen LogP contribution in [0.1, 0.15) is 25.3 Å². The molecule has 0 radical (unpaired) electrons. The van der Waals surface area contributed by atoms with Crippen LogP contribution in [0, 0.1) is 0 Å². The van der Waals surface area contributed by atoms with Gasteiger partial charge in [0, 0.05) is 13.1 Å². The van der Waals surface area contributed by atoms with Crippen molar-refractivity contribution >= 4 is 15.7 Å². The van der Waals surface area contributed by atoms with Crippen LogP contribution >= 0.6 is 0 Å². The quantitative estimate of drug-likeness (QED) is 0.895. The molecular formula is C14H22N2O2S. The smallest absolute Gasteiger partial charge is 0.236 e. The molecule has 0 amide bonds. The molecule has 1 aliphatic rings. The Labute approximate surface area is 115 Å². The van der Waals surface area contributed by atoms with Gasteiger partial charge in [-0.3, -0.25) is 4.31 Å². The standard InChI is InChI=1S/C14H22N2O2S/c1-3-12-6-8-14(9-7-12)16(2)19(17,18)11-13-5-4-10-15-13/h6-9,13,15H,3-5,10-11H2,1-2H3. The molecule has 1 atom stereocenters. The highest BCUT2D eigenvalue weighted by atomic mass is 32.2. The number of hydrogen-bond donors (Lipinski definition) is 1. The summed E-state index contributed by atoms with van der Waals surface area (Å²) in [4.78, 5) is 0. The van der Waals surface area contributed by atoms with Crippen molar-refractivity contribution in [3.8, 4) is 0 Å². The van der Waals surface area contributed by atoms with E-state index in [0.717, 1.165) is 31.5 Å². The van der Waals surface area contributed by atoms with Crippen molar-refractivity contribution in [2.24, 2.45) is 0 Å². The number of hydrogen-bond acceptors (Lipinski definition) is 3. The van der Waals surface area contributed by atoms with Crippen molar-refractivity contribution < 1.29 is 8.42 Å². The van der Waals surface area contributed by atoms with E-state index in [0.29, 0.717) is 0 Å². The summed E-state index contributed by atoms with van der Waals surface area (Å²) >= 11 is 0. The summed E-state index contributed by atoms with van der Waals surface area (Å²) in [6, 6.07) is 7.81. The fraction of sp³-hybridized carbons (Fsp3) is 0.571. The van der Waals surface area contributed by atoms with Crippen LogP contribution in [-0.2, 0) is 16.4 Å². The van der Waals surface area contributed by atoms with Gasteiger partial charge in [-0.2, -0.15) is 0 Å². The molecule has 1 aliphatic heterocycles. The summed E-state index contributed by atoms with van der Waals surface area (Å²) in [6.45, 7) is 3.01. The highest BCUT2D eigenvalue weighted by Crippen LogP contribution is 2.19. The number of anilines is 1. The monoisotopic (exact) mass is 282 g/mol. The molecule has 1 unspecified atom stereocenters. The zero-order chi connectivity index (χ0) is 13.9. The Bertz CT molecular complexity index is 505. The van der Waals surface area contributed by atoms with Gasteiger partial charge in [0.25, 0.3) is 0 Å². The van der Waals surface area contributed by atoms with Crippen molar-refractivity contribution in [2.45, 2.75) is 32.2 Å². The van der Waals surface area contributed by atoms with E-state index in [-0.39, 0.29) is 11.8 Å². The minimum atomic E-state index is -3.25. The summed E-state index contributed by atoms with van der Waals surface area (Å²) in [5.41, 5.74) is 1.95. The first-order chi connectivity index (χ1) is 9.03. The lowest BCUT2D eigenvalue weighted by Gasteiger charge is -2.22. The minimum absolute atomic E-state index is 0.0994. The third-order valence-electron chi connectivity index (χ3n) is 3.70. The molecule has 0 bridgehead atoms. The summed E-state index contributed by atoms with van der Waals surface area (Å²) in [7, 11) is -1.62. The zero-order valence-electron chi connectivity index (χ0n) is 11.6. The van der Waals surface area contributed by atoms with E-state index in [1.165, 1.54) is 9.87 Å². The van der Waals surface area contributed by atoms with E-state index in [4.69, 9.17) is 0 Å². The van der Waals surface area contributed by atoms with Gasteiger partial charge in [0.15, 0.2) is 0 Å². The number of aryl methyl sites for hydroxylation is 1. The fourth-order valence-corrected chi connectivity index (χ4v) is 3.83. The van der Waals surface area contributed by atoms with Crippen LogP contribution in [0.25, 0.3) is 0 Å². The maximum absolute atomic E-state index is 12.3. The van der Waals surface area contributed by atoms with Gasteiger partial charge in [0.2, 0.25) is 10.0 Å². The molecule has 1 aromatic carbocycles. The molecular weight excluding hydrogens is 260 g/mol. The number of rotatable bonds is 5. The lowest BCUT2D eigenvalue weighted by Crippen LogP contribution is -2.37. The Morgan fingerprint density at radius 2 is 2.00 bits per heavy atom. The van der Waals surface area contributed by atoms with E-state index < -0.39 is 10.0 Å². The lowest BCUT2D eigenvalue weighted by molar-refractivity contribution is 0.575. The van der Waals surface area contributed by atoms with Crippen molar-refractivity contribution in [1.29, 1.82) is 0 Å². The van der Waals surface area contributed by atoms with Gasteiger partial charge < -0.3 is 5.32 Å². The molecule has 106 valence electrons. The van der Waals surface area contributed by atoms with E-state index in [1.807, 2.05) is 24.3 Å². The minimum Gasteiger partial charge on any atom is -0.313 e. The molecule has 0 saturated carbocycles. The Morgan fingerprint density at radius 1 is 1.32 bits per heavy atom. The van der Waals surface area contributed by atoms with E-state index >= 15 is 0 Å². The summed E-state index contributed by atoms with van der Waals surface area (Å²) in [6.07, 6.45) is 2.97. The number of nitrogens with one attached hydrogen (secondary N) is 1. The fourth-order valence-electron chi connectivity index (χ4n) is 2.37. The first-order valence-corrected chi connectivity index (χ1v) is 8.43. The van der Waals surface area contributed by atoms with Crippen molar-refractivity contribution in [1.82, 2.24) is 5.32 Å². The van der Waals surface area contributed by atoms with Crippen LogP contribution in [0.15, 0.2) is 24.3 Å². The van der Waals surface area contributed by atoms with Gasteiger partial charge >= 0.3 is 0 Å². The molecule has 1 saturated heterocycles. The molecule has 4 nitrogen and oxygen atoms in total. The van der Waals surface area contributed by atoms with Crippen LogP contribution in [-0.4, -0.2) is 33.8 Å². The molecule has 1 heterocycles. The predicted molar refractivity (Wildman–Crippen MR) is 79.0 cm³/mol. The maximum atomic E-state index is 12.3. The molecule has 2 rings (SSSR count). The van der Waals surface area contributed by atoms with Crippen molar-refractivity contribution in [2.75, 3.05) is 23.7 Å². The second-order valence-electron chi connectivity index (χ2n) is 5.06. The average Bonchev–Trinajstić information content (AvgIpc) is 2.90. The number of nitrogens with zero attached hydrogens (tertiary/aromatic N) is 1. The van der Waals surface area contributed by atoms with E-state index in [2.05, 4.69) is 12.2 Å². The van der Waals surface area contributed by atoms with E-state index in [9.17, 15) is 8.42 Å². The van der Waals surface area contributed by atoms with Crippen LogP contribution < -0.4 is 9.62 Å². The third kappa shape index (κ3) is 3.48. The molecule has 0 aromatic heterocycles. The van der Waals surface area contributed by atoms with Crippen molar-refractivity contribution in [3.63, 3.8) is 0 Å². The number of sulfonamides is 1. The lowest BCUT2D eigenvalue weighted by atomic mass is 10.1. The van der Waals surface area contributed by atoms with Crippen LogP contribution in [0.3, 0.4) is 0 Å². The first-order valence-electron chi connectivity index (χ1n) is 6.82. The topological polar surface area (TPSA) is 49.4 Å². The number of benzene rings is 1. The average molecular weight is 282 g/mol. The summed E-state index contributed by atoms with van der Waals surface area (Å²) < 4.78 is 26.0. The molecule has 19 heavy (non-hydrogen) atoms. The van der Waals surface area contributed by atoms with Crippen LogP contribution in [0.2, 0.25) is 0 Å². The van der Waals surface area contributed by atoms with Crippen molar-refractivity contribution in [3.05, 3.63) is 29.8 Å². The Kier molecular flexibility index (Phi) is 4.47. The van der Waals surface area contributed by atoms with Gasteiger partial charge in [0.1, 0.15) is 0 Å². The van der Waals surface area contributed by atoms with Crippen LogP contribution in [0.5, 0.6) is 0 Å². The molecule has 0 spiro atoms. The normalized spacial score (nSPS) is 19.6. The highest BCUT2D eigenvalue weighted by Gasteiger charge is 2.25. The van der Waals surface area contributed by atoms with Gasteiger partial charge in [0.05, 0.1) is 11.4 Å². The van der Waals surface area contributed by atoms with Gasteiger partial charge in [-0.15, -0.1) is 0 Å². The molecule has 1 aromatic rings. The second kappa shape index (κ2) is 5.92. The van der Waals surface area contributed by atoms with Gasteiger partial charge in [-0.25, -0.2) is 8.42 Å².